The zero-order valence-corrected chi connectivity index (χ0v) is 29.8. The van der Waals surface area contributed by atoms with Gasteiger partial charge in [0.2, 0.25) is 0 Å². The molecule has 5 rings (SSSR count). The molecule has 0 saturated heterocycles. The maximum Gasteiger partial charge on any atom is 0.534 e. The highest BCUT2D eigenvalue weighted by Gasteiger charge is 2.67. The van der Waals surface area contributed by atoms with Crippen LogP contribution in [-0.2, 0) is 23.5 Å². The van der Waals surface area contributed by atoms with E-state index in [1.807, 2.05) is 42.5 Å². The van der Waals surface area contributed by atoms with Crippen LogP contribution in [0.3, 0.4) is 0 Å². The molecule has 10 heteroatoms. The number of hydrogen-bond acceptors (Lipinski definition) is 5. The standard InChI is InChI=1S/C37H47F3O5SSi/c1-27(45-46(42,43)37(38,39)40)24-36-22-14-13-20-30(36)35(25-32(36)41)23-15-21-34(5,6)31(35)26-44-47(33(2,3)4,28-16-9-7-10-17-28)29-18-11-8-12-19-29/h7-14,16-19,30-31H,1,15,20-26H2,2-6H3/t30?,31?,35?,36-/m0/s1. The lowest BCUT2D eigenvalue weighted by atomic mass is 9.49. The van der Waals surface area contributed by atoms with E-state index in [1.165, 1.54) is 0 Å². The molecule has 2 aromatic carbocycles. The molecule has 0 radical (unpaired) electrons. The Balaban J connectivity index is 1.57. The number of ketones is 1. The van der Waals surface area contributed by atoms with E-state index in [-0.39, 0.29) is 40.9 Å². The van der Waals surface area contributed by atoms with E-state index < -0.39 is 40.5 Å². The van der Waals surface area contributed by atoms with E-state index in [1.54, 1.807) is 0 Å². The Labute approximate surface area is 278 Å². The molecule has 0 aromatic heterocycles. The zero-order chi connectivity index (χ0) is 34.5. The van der Waals surface area contributed by atoms with Crippen molar-refractivity contribution >= 4 is 34.6 Å². The smallest absolute Gasteiger partial charge is 0.407 e. The fraction of sp³-hybridized carbons (Fsp3) is 0.541. The van der Waals surface area contributed by atoms with Crippen molar-refractivity contribution in [1.29, 1.82) is 0 Å². The molecule has 5 nitrogen and oxygen atoms in total. The third-order valence-electron chi connectivity index (χ3n) is 11.4. The number of carbonyl (C=O) groups excluding carboxylic acids is 1. The summed E-state index contributed by atoms with van der Waals surface area (Å²) >= 11 is 0. The molecule has 2 saturated carbocycles. The molecule has 4 atom stereocenters. The van der Waals surface area contributed by atoms with Crippen LogP contribution in [0.4, 0.5) is 13.2 Å². The van der Waals surface area contributed by atoms with Gasteiger partial charge in [0.1, 0.15) is 11.5 Å². The number of hydrogen-bond donors (Lipinski definition) is 0. The fourth-order valence-electron chi connectivity index (χ4n) is 9.45. The van der Waals surface area contributed by atoms with Gasteiger partial charge in [-0.1, -0.05) is 120 Å². The van der Waals surface area contributed by atoms with Crippen molar-refractivity contribution < 1.29 is 35.0 Å². The molecule has 0 N–H and O–H groups in total. The predicted molar refractivity (Wildman–Crippen MR) is 181 cm³/mol. The summed E-state index contributed by atoms with van der Waals surface area (Å²) in [5.74, 6) is -0.882. The topological polar surface area (TPSA) is 69.7 Å². The van der Waals surface area contributed by atoms with Gasteiger partial charge < -0.3 is 8.61 Å². The SMILES string of the molecule is C=C(C[C@@]12CC=CCC1C1(CCCC(C)(C)C1CO[Si](c1ccccc1)(c1ccccc1)C(C)(C)C)CC2=O)OS(=O)(=O)C(F)(F)F. The second-order valence-electron chi connectivity index (χ2n) is 15.5. The second-order valence-corrected chi connectivity index (χ2v) is 21.4. The summed E-state index contributed by atoms with van der Waals surface area (Å²) in [6.45, 7) is 15.2. The average Bonchev–Trinajstić information content (AvgIpc) is 3.21. The van der Waals surface area contributed by atoms with Gasteiger partial charge in [0.05, 0.1) is 0 Å². The number of Topliss-reactive ketones (excluding diaryl/α,β-unsaturated/α-hetero) is 1. The number of carbonyl (C=O) groups is 1. The predicted octanol–water partition coefficient (Wildman–Crippen LogP) is 8.07. The summed E-state index contributed by atoms with van der Waals surface area (Å²) in [7, 11) is -8.82. The van der Waals surface area contributed by atoms with Crippen molar-refractivity contribution in [2.45, 2.75) is 90.1 Å². The van der Waals surface area contributed by atoms with Crippen LogP contribution in [0.1, 0.15) is 79.6 Å². The number of halogens is 3. The second kappa shape index (κ2) is 12.3. The van der Waals surface area contributed by atoms with Gasteiger partial charge in [0, 0.05) is 24.9 Å². The Kier molecular flexibility index (Phi) is 9.34. The molecular formula is C37H47F3O5SSi. The van der Waals surface area contributed by atoms with Crippen molar-refractivity contribution in [3.63, 3.8) is 0 Å². The minimum atomic E-state index is -5.90. The average molecular weight is 689 g/mol. The van der Waals surface area contributed by atoms with Crippen LogP contribution < -0.4 is 10.4 Å². The third-order valence-corrected chi connectivity index (χ3v) is 17.5. The van der Waals surface area contributed by atoms with Crippen molar-refractivity contribution in [3.8, 4) is 0 Å². The van der Waals surface area contributed by atoms with Crippen LogP contribution in [0.5, 0.6) is 0 Å². The molecule has 2 fully saturated rings. The number of alkyl halides is 3. The Morgan fingerprint density at radius 2 is 1.53 bits per heavy atom. The number of fused-ring (bicyclic) bond motifs is 2. The lowest BCUT2D eigenvalue weighted by molar-refractivity contribution is -0.127. The number of rotatable bonds is 9. The van der Waals surface area contributed by atoms with Crippen LogP contribution >= 0.6 is 0 Å². The maximum absolute atomic E-state index is 14.3. The minimum absolute atomic E-state index is 0.0409. The van der Waals surface area contributed by atoms with Crippen molar-refractivity contribution in [3.05, 3.63) is 85.2 Å². The molecule has 0 bridgehead atoms. The first-order chi connectivity index (χ1) is 21.8. The van der Waals surface area contributed by atoms with Gasteiger partial charge in [0.25, 0.3) is 8.32 Å². The molecule has 3 aliphatic rings. The molecule has 1 spiro atoms. The summed E-state index contributed by atoms with van der Waals surface area (Å²) in [5.41, 5.74) is -7.38. The number of allylic oxidation sites excluding steroid dienone is 3. The van der Waals surface area contributed by atoms with E-state index in [2.05, 4.69) is 75.7 Å². The van der Waals surface area contributed by atoms with Gasteiger partial charge in [-0.25, -0.2) is 0 Å². The lowest BCUT2D eigenvalue weighted by Gasteiger charge is -2.56. The first kappa shape index (κ1) is 35.6. The van der Waals surface area contributed by atoms with Crippen LogP contribution in [0.2, 0.25) is 5.04 Å². The lowest BCUT2D eigenvalue weighted by Crippen LogP contribution is -2.67. The summed E-state index contributed by atoms with van der Waals surface area (Å²) < 4.78 is 75.4. The summed E-state index contributed by atoms with van der Waals surface area (Å²) in [4.78, 5) is 14.3. The summed E-state index contributed by atoms with van der Waals surface area (Å²) in [5, 5.41) is 2.08. The molecule has 0 heterocycles. The van der Waals surface area contributed by atoms with E-state index >= 15 is 0 Å². The van der Waals surface area contributed by atoms with Crippen molar-refractivity contribution in [2.24, 2.45) is 28.1 Å². The largest absolute Gasteiger partial charge is 0.534 e. The molecule has 0 aliphatic heterocycles. The highest BCUT2D eigenvalue weighted by Crippen LogP contribution is 2.69. The highest BCUT2D eigenvalue weighted by molar-refractivity contribution is 7.87. The van der Waals surface area contributed by atoms with Gasteiger partial charge in [-0.05, 0) is 63.8 Å². The minimum Gasteiger partial charge on any atom is -0.407 e. The Morgan fingerprint density at radius 1 is 0.957 bits per heavy atom. The van der Waals surface area contributed by atoms with E-state index in [4.69, 9.17) is 4.43 Å². The van der Waals surface area contributed by atoms with Gasteiger partial charge in [-0.3, -0.25) is 4.79 Å². The normalized spacial score (nSPS) is 27.9. The van der Waals surface area contributed by atoms with Gasteiger partial charge in [-0.15, -0.1) is 0 Å². The fourth-order valence-corrected chi connectivity index (χ4v) is 14.5. The first-order valence-corrected chi connectivity index (χ1v) is 19.8. The molecule has 3 aliphatic carbocycles. The molecule has 47 heavy (non-hydrogen) atoms. The van der Waals surface area contributed by atoms with Gasteiger partial charge >= 0.3 is 15.6 Å². The zero-order valence-electron chi connectivity index (χ0n) is 28.0. The highest BCUT2D eigenvalue weighted by atomic mass is 32.2. The monoisotopic (exact) mass is 688 g/mol. The van der Waals surface area contributed by atoms with Crippen molar-refractivity contribution in [1.82, 2.24) is 0 Å². The maximum atomic E-state index is 14.3. The van der Waals surface area contributed by atoms with Crippen LogP contribution in [-0.4, -0.2) is 34.6 Å². The van der Waals surface area contributed by atoms with Crippen LogP contribution in [0.15, 0.2) is 85.2 Å². The Hall–Kier alpha value is -2.69. The molecular weight excluding hydrogens is 642 g/mol. The van der Waals surface area contributed by atoms with Crippen LogP contribution in [0, 0.1) is 28.1 Å². The van der Waals surface area contributed by atoms with E-state index in [0.717, 1.165) is 29.6 Å². The van der Waals surface area contributed by atoms with E-state index in [0.29, 0.717) is 19.4 Å². The summed E-state index contributed by atoms with van der Waals surface area (Å²) in [6, 6.07) is 20.8. The molecule has 3 unspecified atom stereocenters. The molecule has 0 amide bonds. The Morgan fingerprint density at radius 3 is 2.06 bits per heavy atom. The van der Waals surface area contributed by atoms with Crippen molar-refractivity contribution in [2.75, 3.05) is 6.61 Å². The van der Waals surface area contributed by atoms with Gasteiger partial charge in [0.15, 0.2) is 0 Å². The quantitative estimate of drug-likeness (QED) is 0.0877. The summed E-state index contributed by atoms with van der Waals surface area (Å²) in [6.07, 6.45) is 7.44. The third kappa shape index (κ3) is 6.07. The van der Waals surface area contributed by atoms with Crippen LogP contribution in [0.25, 0.3) is 0 Å². The van der Waals surface area contributed by atoms with Gasteiger partial charge in [-0.2, -0.15) is 21.6 Å². The molecule has 2 aromatic rings. The Bertz CT molecular complexity index is 1570. The number of benzene rings is 2. The molecule has 256 valence electrons. The van der Waals surface area contributed by atoms with E-state index in [9.17, 15) is 26.4 Å². The first-order valence-electron chi connectivity index (χ1n) is 16.4.